The SMILES string of the molecule is CCC(CC)C(N)C(F)F. The van der Waals surface area contributed by atoms with E-state index in [2.05, 4.69) is 0 Å². The molecule has 1 unspecified atom stereocenters. The number of hydrogen-bond acceptors (Lipinski definition) is 1. The molecule has 0 amide bonds. The highest BCUT2D eigenvalue weighted by Gasteiger charge is 2.22. The normalized spacial score (nSPS) is 14.7. The summed E-state index contributed by atoms with van der Waals surface area (Å²) >= 11 is 0. The van der Waals surface area contributed by atoms with Gasteiger partial charge in [-0.1, -0.05) is 26.7 Å². The van der Waals surface area contributed by atoms with E-state index in [9.17, 15) is 8.78 Å². The summed E-state index contributed by atoms with van der Waals surface area (Å²) < 4.78 is 23.9. The van der Waals surface area contributed by atoms with E-state index in [1.165, 1.54) is 0 Å². The zero-order valence-corrected chi connectivity index (χ0v) is 6.48. The van der Waals surface area contributed by atoms with Gasteiger partial charge in [0.1, 0.15) is 0 Å². The molecule has 0 spiro atoms. The first-order valence-corrected chi connectivity index (χ1v) is 3.67. The Morgan fingerprint density at radius 1 is 1.20 bits per heavy atom. The monoisotopic (exact) mass is 151 g/mol. The van der Waals surface area contributed by atoms with E-state index in [1.807, 2.05) is 13.8 Å². The number of nitrogens with two attached hydrogens (primary N) is 1. The van der Waals surface area contributed by atoms with Crippen molar-refractivity contribution in [3.05, 3.63) is 0 Å². The first-order chi connectivity index (χ1) is 4.63. The standard InChI is InChI=1S/C7H15F2N/c1-3-5(4-2)6(10)7(8)9/h5-7H,3-4,10H2,1-2H3. The molecule has 0 aliphatic rings. The fraction of sp³-hybridized carbons (Fsp3) is 1.00. The van der Waals surface area contributed by atoms with Crippen LogP contribution in [0.2, 0.25) is 0 Å². The summed E-state index contributed by atoms with van der Waals surface area (Å²) in [5, 5.41) is 0. The molecule has 0 rings (SSSR count). The van der Waals surface area contributed by atoms with Gasteiger partial charge in [0.2, 0.25) is 0 Å². The summed E-state index contributed by atoms with van der Waals surface area (Å²) in [5.41, 5.74) is 5.23. The number of hydrogen-bond donors (Lipinski definition) is 1. The molecule has 62 valence electrons. The van der Waals surface area contributed by atoms with Gasteiger partial charge in [-0.25, -0.2) is 8.78 Å². The minimum absolute atomic E-state index is 0.0278. The number of halogens is 2. The molecule has 0 saturated carbocycles. The Balaban J connectivity index is 3.76. The third-order valence-corrected chi connectivity index (χ3v) is 1.88. The summed E-state index contributed by atoms with van der Waals surface area (Å²) in [6, 6.07) is -0.935. The minimum atomic E-state index is -2.37. The summed E-state index contributed by atoms with van der Waals surface area (Å²) in [6.07, 6.45) is -0.894. The van der Waals surface area contributed by atoms with Crippen molar-refractivity contribution in [1.82, 2.24) is 0 Å². The van der Waals surface area contributed by atoms with Crippen LogP contribution in [0.25, 0.3) is 0 Å². The van der Waals surface area contributed by atoms with Gasteiger partial charge in [-0.05, 0) is 5.92 Å². The topological polar surface area (TPSA) is 26.0 Å². The lowest BCUT2D eigenvalue weighted by atomic mass is 9.95. The Kier molecular flexibility index (Phi) is 4.52. The predicted octanol–water partition coefficient (Wildman–Crippen LogP) is 2.01. The fourth-order valence-electron chi connectivity index (χ4n) is 1.04. The number of rotatable bonds is 4. The van der Waals surface area contributed by atoms with Crippen LogP contribution in [-0.2, 0) is 0 Å². The minimum Gasteiger partial charge on any atom is -0.323 e. The Labute approximate surface area is 60.6 Å². The summed E-state index contributed by atoms with van der Waals surface area (Å²) in [4.78, 5) is 0. The van der Waals surface area contributed by atoms with Crippen LogP contribution in [0, 0.1) is 5.92 Å². The van der Waals surface area contributed by atoms with Crippen LogP contribution >= 0.6 is 0 Å². The molecule has 0 aliphatic heterocycles. The molecule has 0 aliphatic carbocycles. The quantitative estimate of drug-likeness (QED) is 0.653. The number of alkyl halides is 2. The Morgan fingerprint density at radius 3 is 1.70 bits per heavy atom. The second-order valence-electron chi connectivity index (χ2n) is 2.49. The maximum Gasteiger partial charge on any atom is 0.253 e. The maximum absolute atomic E-state index is 11.9. The van der Waals surface area contributed by atoms with Crippen molar-refractivity contribution in [2.45, 2.75) is 39.2 Å². The molecule has 2 N–H and O–H groups in total. The van der Waals surface area contributed by atoms with Gasteiger partial charge in [-0.2, -0.15) is 0 Å². The molecule has 0 aromatic heterocycles. The van der Waals surface area contributed by atoms with Crippen molar-refractivity contribution >= 4 is 0 Å². The highest BCUT2D eigenvalue weighted by atomic mass is 19.3. The predicted molar refractivity (Wildman–Crippen MR) is 38.1 cm³/mol. The van der Waals surface area contributed by atoms with Crippen LogP contribution in [0.3, 0.4) is 0 Å². The van der Waals surface area contributed by atoms with Gasteiger partial charge in [0.25, 0.3) is 6.43 Å². The summed E-state index contributed by atoms with van der Waals surface area (Å²) in [5.74, 6) is -0.0278. The highest BCUT2D eigenvalue weighted by Crippen LogP contribution is 2.16. The molecule has 0 radical (unpaired) electrons. The van der Waals surface area contributed by atoms with E-state index >= 15 is 0 Å². The lowest BCUT2D eigenvalue weighted by molar-refractivity contribution is 0.0860. The second-order valence-corrected chi connectivity index (χ2v) is 2.49. The molecule has 0 heterocycles. The molecule has 3 heteroatoms. The van der Waals surface area contributed by atoms with Crippen molar-refractivity contribution in [1.29, 1.82) is 0 Å². The van der Waals surface area contributed by atoms with E-state index in [4.69, 9.17) is 5.73 Å². The average molecular weight is 151 g/mol. The Hall–Kier alpha value is -0.180. The summed E-state index contributed by atoms with van der Waals surface area (Å²) in [7, 11) is 0. The van der Waals surface area contributed by atoms with E-state index in [0.717, 1.165) is 12.8 Å². The van der Waals surface area contributed by atoms with Crippen molar-refractivity contribution in [3.63, 3.8) is 0 Å². The van der Waals surface area contributed by atoms with Gasteiger partial charge in [0.15, 0.2) is 0 Å². The van der Waals surface area contributed by atoms with Gasteiger partial charge >= 0.3 is 0 Å². The van der Waals surface area contributed by atoms with Crippen LogP contribution in [0.1, 0.15) is 26.7 Å². The smallest absolute Gasteiger partial charge is 0.253 e. The lowest BCUT2D eigenvalue weighted by Gasteiger charge is -2.19. The third kappa shape index (κ3) is 2.60. The van der Waals surface area contributed by atoms with Gasteiger partial charge < -0.3 is 5.73 Å². The summed E-state index contributed by atoms with van der Waals surface area (Å²) in [6.45, 7) is 3.77. The molecule has 0 aromatic carbocycles. The van der Waals surface area contributed by atoms with E-state index in [-0.39, 0.29) is 5.92 Å². The van der Waals surface area contributed by atoms with Gasteiger partial charge in [-0.15, -0.1) is 0 Å². The van der Waals surface area contributed by atoms with Crippen LogP contribution < -0.4 is 5.73 Å². The first kappa shape index (κ1) is 9.82. The molecule has 0 bridgehead atoms. The largest absolute Gasteiger partial charge is 0.323 e. The fourth-order valence-corrected chi connectivity index (χ4v) is 1.04. The van der Waals surface area contributed by atoms with Crippen LogP contribution in [-0.4, -0.2) is 12.5 Å². The second kappa shape index (κ2) is 4.61. The molecular weight excluding hydrogens is 136 g/mol. The van der Waals surface area contributed by atoms with Crippen molar-refractivity contribution < 1.29 is 8.78 Å². The Morgan fingerprint density at radius 2 is 1.60 bits per heavy atom. The van der Waals surface area contributed by atoms with Crippen molar-refractivity contribution in [3.8, 4) is 0 Å². The average Bonchev–Trinajstić information content (AvgIpc) is 1.90. The Bertz CT molecular complexity index is 81.7. The molecule has 0 aromatic rings. The molecular formula is C7H15F2N. The molecule has 0 saturated heterocycles. The van der Waals surface area contributed by atoms with Crippen molar-refractivity contribution in [2.75, 3.05) is 0 Å². The molecule has 1 atom stereocenters. The first-order valence-electron chi connectivity index (χ1n) is 3.67. The van der Waals surface area contributed by atoms with Gasteiger partial charge in [0, 0.05) is 0 Å². The maximum atomic E-state index is 11.9. The van der Waals surface area contributed by atoms with Gasteiger partial charge in [-0.3, -0.25) is 0 Å². The third-order valence-electron chi connectivity index (χ3n) is 1.88. The zero-order chi connectivity index (χ0) is 8.15. The lowest BCUT2D eigenvalue weighted by Crippen LogP contribution is -2.36. The molecule has 10 heavy (non-hydrogen) atoms. The van der Waals surface area contributed by atoms with Crippen LogP contribution in [0.4, 0.5) is 8.78 Å². The highest BCUT2D eigenvalue weighted by molar-refractivity contribution is 4.72. The van der Waals surface area contributed by atoms with Crippen LogP contribution in [0.15, 0.2) is 0 Å². The van der Waals surface area contributed by atoms with Crippen molar-refractivity contribution in [2.24, 2.45) is 11.7 Å². The van der Waals surface area contributed by atoms with E-state index in [1.54, 1.807) is 0 Å². The van der Waals surface area contributed by atoms with E-state index < -0.39 is 12.5 Å². The van der Waals surface area contributed by atoms with E-state index in [0.29, 0.717) is 0 Å². The molecule has 0 fully saturated rings. The zero-order valence-electron chi connectivity index (χ0n) is 6.48. The molecule has 1 nitrogen and oxygen atoms in total. The van der Waals surface area contributed by atoms with Crippen LogP contribution in [0.5, 0.6) is 0 Å². The van der Waals surface area contributed by atoms with Gasteiger partial charge in [0.05, 0.1) is 6.04 Å².